The second kappa shape index (κ2) is 5.06. The summed E-state index contributed by atoms with van der Waals surface area (Å²) in [6.07, 6.45) is 2.44. The van der Waals surface area contributed by atoms with E-state index >= 15 is 0 Å². The maximum atomic E-state index is 11.7. The van der Waals surface area contributed by atoms with Crippen molar-refractivity contribution in [2.45, 2.75) is 18.8 Å². The van der Waals surface area contributed by atoms with Crippen LogP contribution in [0.3, 0.4) is 0 Å². The van der Waals surface area contributed by atoms with Gasteiger partial charge in [0.1, 0.15) is 5.69 Å². The van der Waals surface area contributed by atoms with Gasteiger partial charge in [0.25, 0.3) is 5.91 Å². The van der Waals surface area contributed by atoms with Gasteiger partial charge in [-0.15, -0.1) is 12.4 Å². The average molecular weight is 257 g/mol. The normalized spacial score (nSPS) is 19.3. The molecule has 94 valence electrons. The van der Waals surface area contributed by atoms with Crippen molar-refractivity contribution >= 4 is 18.3 Å². The molecule has 0 bridgehead atoms. The Morgan fingerprint density at radius 3 is 2.82 bits per heavy atom. The number of nitrogens with zero attached hydrogens (tertiary/aromatic N) is 1. The number of rotatable bonds is 4. The van der Waals surface area contributed by atoms with Crippen molar-refractivity contribution in [1.82, 2.24) is 20.8 Å². The van der Waals surface area contributed by atoms with Crippen molar-refractivity contribution in [3.63, 3.8) is 0 Å². The zero-order valence-electron chi connectivity index (χ0n) is 9.53. The number of aromatic amines is 1. The van der Waals surface area contributed by atoms with Gasteiger partial charge in [-0.05, 0) is 18.9 Å². The molecule has 0 atom stereocenters. The van der Waals surface area contributed by atoms with Crippen LogP contribution < -0.4 is 10.6 Å². The molecule has 1 aromatic heterocycles. The van der Waals surface area contributed by atoms with Crippen LogP contribution in [0.15, 0.2) is 6.07 Å². The molecule has 0 spiro atoms. The van der Waals surface area contributed by atoms with Gasteiger partial charge < -0.3 is 10.6 Å². The third-order valence-corrected chi connectivity index (χ3v) is 3.26. The van der Waals surface area contributed by atoms with E-state index in [0.717, 1.165) is 25.3 Å². The number of amides is 1. The van der Waals surface area contributed by atoms with Crippen LogP contribution in [-0.2, 0) is 0 Å². The number of carbonyl (C=O) groups excluding carboxylic acids is 1. The first kappa shape index (κ1) is 12.4. The molecule has 2 fully saturated rings. The molecule has 17 heavy (non-hydrogen) atoms. The van der Waals surface area contributed by atoms with Crippen LogP contribution >= 0.6 is 12.4 Å². The molecule has 3 rings (SSSR count). The highest BCUT2D eigenvalue weighted by Gasteiger charge is 2.26. The first-order chi connectivity index (χ1) is 7.83. The third-order valence-electron chi connectivity index (χ3n) is 3.26. The van der Waals surface area contributed by atoms with Crippen molar-refractivity contribution in [1.29, 1.82) is 0 Å². The fourth-order valence-electron chi connectivity index (χ4n) is 1.88. The molecule has 1 saturated carbocycles. The molecule has 1 amide bonds. The third kappa shape index (κ3) is 2.79. The van der Waals surface area contributed by atoms with E-state index in [2.05, 4.69) is 20.8 Å². The minimum atomic E-state index is -0.0601. The predicted octanol–water partition coefficient (Wildman–Crippen LogP) is 0.658. The summed E-state index contributed by atoms with van der Waals surface area (Å²) in [6, 6.07) is 1.88. The number of halogens is 1. The summed E-state index contributed by atoms with van der Waals surface area (Å²) in [7, 11) is 0. The van der Waals surface area contributed by atoms with E-state index in [-0.39, 0.29) is 18.3 Å². The van der Waals surface area contributed by atoms with Crippen LogP contribution in [-0.4, -0.2) is 35.7 Å². The standard InChI is InChI=1S/C11H16N4O.ClH/c16-11(13-6-7-4-12-5-7)10-3-9(14-15-10)8-1-2-8;/h3,7-8,12H,1-2,4-6H2,(H,13,16)(H,14,15);1H. The van der Waals surface area contributed by atoms with E-state index in [1.807, 2.05) is 6.07 Å². The smallest absolute Gasteiger partial charge is 0.271 e. The molecule has 1 aromatic rings. The van der Waals surface area contributed by atoms with Crippen molar-refractivity contribution in [3.8, 4) is 0 Å². The monoisotopic (exact) mass is 256 g/mol. The molecule has 1 aliphatic carbocycles. The van der Waals surface area contributed by atoms with Gasteiger partial charge >= 0.3 is 0 Å². The second-order valence-electron chi connectivity index (χ2n) is 4.72. The van der Waals surface area contributed by atoms with Crippen molar-refractivity contribution in [2.24, 2.45) is 5.92 Å². The summed E-state index contributed by atoms with van der Waals surface area (Å²) >= 11 is 0. The Hall–Kier alpha value is -1.07. The lowest BCUT2D eigenvalue weighted by Crippen LogP contribution is -2.48. The van der Waals surface area contributed by atoms with Gasteiger partial charge in [-0.25, -0.2) is 0 Å². The molecular formula is C11H17ClN4O. The number of aromatic nitrogens is 2. The van der Waals surface area contributed by atoms with Gasteiger partial charge in [0, 0.05) is 37.2 Å². The van der Waals surface area contributed by atoms with E-state index in [1.165, 1.54) is 12.8 Å². The topological polar surface area (TPSA) is 69.8 Å². The minimum absolute atomic E-state index is 0. The molecule has 1 aliphatic heterocycles. The maximum Gasteiger partial charge on any atom is 0.271 e. The SMILES string of the molecule is Cl.O=C(NCC1CNC1)c1cc(C2CC2)[nH]n1. The Morgan fingerprint density at radius 1 is 1.47 bits per heavy atom. The molecule has 3 N–H and O–H groups in total. The molecule has 0 aromatic carbocycles. The fourth-order valence-corrected chi connectivity index (χ4v) is 1.88. The Labute approximate surface area is 106 Å². The molecule has 2 heterocycles. The quantitative estimate of drug-likeness (QED) is 0.741. The van der Waals surface area contributed by atoms with Crippen LogP contribution in [0.5, 0.6) is 0 Å². The van der Waals surface area contributed by atoms with Gasteiger partial charge in [0.2, 0.25) is 0 Å². The van der Waals surface area contributed by atoms with Gasteiger partial charge in [-0.1, -0.05) is 0 Å². The Bertz CT molecular complexity index is 398. The van der Waals surface area contributed by atoms with Crippen molar-refractivity contribution < 1.29 is 4.79 Å². The molecule has 1 saturated heterocycles. The van der Waals surface area contributed by atoms with E-state index in [0.29, 0.717) is 17.5 Å². The van der Waals surface area contributed by atoms with E-state index < -0.39 is 0 Å². The molecule has 0 unspecified atom stereocenters. The van der Waals surface area contributed by atoms with Crippen molar-refractivity contribution in [2.75, 3.05) is 19.6 Å². The summed E-state index contributed by atoms with van der Waals surface area (Å²) in [4.78, 5) is 11.7. The summed E-state index contributed by atoms with van der Waals surface area (Å²) in [5.74, 6) is 1.14. The Morgan fingerprint density at radius 2 is 2.24 bits per heavy atom. The van der Waals surface area contributed by atoms with E-state index in [1.54, 1.807) is 0 Å². The fraction of sp³-hybridized carbons (Fsp3) is 0.636. The Kier molecular flexibility index (Phi) is 3.69. The van der Waals surface area contributed by atoms with Crippen LogP contribution in [0.25, 0.3) is 0 Å². The predicted molar refractivity (Wildman–Crippen MR) is 66.5 cm³/mol. The van der Waals surface area contributed by atoms with Crippen LogP contribution in [0.4, 0.5) is 0 Å². The number of nitrogens with one attached hydrogen (secondary N) is 3. The van der Waals surface area contributed by atoms with Gasteiger partial charge in [-0.2, -0.15) is 5.10 Å². The second-order valence-corrected chi connectivity index (χ2v) is 4.72. The molecule has 6 heteroatoms. The number of H-pyrrole nitrogens is 1. The van der Waals surface area contributed by atoms with Gasteiger partial charge in [0.05, 0.1) is 0 Å². The summed E-state index contributed by atoms with van der Waals surface area (Å²) in [6.45, 7) is 2.76. The Balaban J connectivity index is 0.00000108. The van der Waals surface area contributed by atoms with E-state index in [9.17, 15) is 4.79 Å². The van der Waals surface area contributed by atoms with Gasteiger partial charge in [-0.3, -0.25) is 9.89 Å². The van der Waals surface area contributed by atoms with Gasteiger partial charge in [0.15, 0.2) is 0 Å². The molecular weight excluding hydrogens is 240 g/mol. The highest BCUT2D eigenvalue weighted by atomic mass is 35.5. The molecule has 0 radical (unpaired) electrons. The summed E-state index contributed by atoms with van der Waals surface area (Å²) in [5.41, 5.74) is 1.63. The van der Waals surface area contributed by atoms with Crippen LogP contribution in [0, 0.1) is 5.92 Å². The number of hydrogen-bond donors (Lipinski definition) is 3. The zero-order valence-corrected chi connectivity index (χ0v) is 10.3. The average Bonchev–Trinajstić information content (AvgIpc) is 2.94. The minimum Gasteiger partial charge on any atom is -0.350 e. The number of carbonyl (C=O) groups is 1. The number of hydrogen-bond acceptors (Lipinski definition) is 3. The van der Waals surface area contributed by atoms with Crippen LogP contribution in [0.2, 0.25) is 0 Å². The highest BCUT2D eigenvalue weighted by molar-refractivity contribution is 5.92. The maximum absolute atomic E-state index is 11.7. The summed E-state index contributed by atoms with van der Waals surface area (Å²) < 4.78 is 0. The first-order valence-electron chi connectivity index (χ1n) is 5.87. The zero-order chi connectivity index (χ0) is 11.0. The van der Waals surface area contributed by atoms with E-state index in [4.69, 9.17) is 0 Å². The molecule has 5 nitrogen and oxygen atoms in total. The van der Waals surface area contributed by atoms with Crippen molar-refractivity contribution in [3.05, 3.63) is 17.5 Å². The largest absolute Gasteiger partial charge is 0.350 e. The first-order valence-corrected chi connectivity index (χ1v) is 5.87. The highest BCUT2D eigenvalue weighted by Crippen LogP contribution is 2.38. The lowest BCUT2D eigenvalue weighted by atomic mass is 10.0. The lowest BCUT2D eigenvalue weighted by molar-refractivity contribution is 0.0937. The molecule has 2 aliphatic rings. The van der Waals surface area contributed by atoms with Crippen LogP contribution in [0.1, 0.15) is 34.9 Å². The lowest BCUT2D eigenvalue weighted by Gasteiger charge is -2.26. The summed E-state index contributed by atoms with van der Waals surface area (Å²) in [5, 5.41) is 13.1.